The van der Waals surface area contributed by atoms with Gasteiger partial charge in [0, 0.05) is 4.47 Å². The first-order valence-electron chi connectivity index (χ1n) is 8.02. The minimum atomic E-state index is -1.20. The number of amides is 2. The van der Waals surface area contributed by atoms with E-state index in [0.717, 1.165) is 15.7 Å². The van der Waals surface area contributed by atoms with Crippen LogP contribution in [0.3, 0.4) is 0 Å². The van der Waals surface area contributed by atoms with E-state index < -0.39 is 6.09 Å². The molecule has 4 N–H and O–H groups in total. The average molecular weight is 458 g/mol. The van der Waals surface area contributed by atoms with Crippen LogP contribution in [-0.2, 0) is 4.79 Å². The van der Waals surface area contributed by atoms with Crippen molar-refractivity contribution in [2.75, 3.05) is 10.6 Å². The molecule has 0 spiro atoms. The molecule has 0 saturated heterocycles. The smallest absolute Gasteiger partial charge is 0.411 e. The Hall–Kier alpha value is -3.11. The second-order valence-corrected chi connectivity index (χ2v) is 7.61. The van der Waals surface area contributed by atoms with E-state index in [1.54, 1.807) is 18.2 Å². The van der Waals surface area contributed by atoms with Crippen LogP contribution in [0.4, 0.5) is 16.4 Å². The van der Waals surface area contributed by atoms with Gasteiger partial charge in [-0.2, -0.15) is 4.99 Å². The van der Waals surface area contributed by atoms with E-state index in [4.69, 9.17) is 5.11 Å². The average Bonchev–Trinajstić information content (AvgIpc) is 3.18. The Morgan fingerprint density at radius 2 is 2.07 bits per heavy atom. The summed E-state index contributed by atoms with van der Waals surface area (Å²) >= 11 is 4.70. The number of para-hydroxylation sites is 1. The summed E-state index contributed by atoms with van der Waals surface area (Å²) in [6.45, 7) is 0. The lowest BCUT2D eigenvalue weighted by Crippen LogP contribution is -2.08. The Labute approximate surface area is 171 Å². The van der Waals surface area contributed by atoms with Crippen molar-refractivity contribution >= 4 is 73.6 Å². The van der Waals surface area contributed by atoms with E-state index in [1.165, 1.54) is 11.8 Å². The number of carboxylic acid groups (broad SMARTS) is 1. The van der Waals surface area contributed by atoms with Gasteiger partial charge < -0.3 is 15.4 Å². The lowest BCUT2D eigenvalue weighted by Gasteiger charge is -2.06. The van der Waals surface area contributed by atoms with Crippen LogP contribution in [0, 0.1) is 0 Å². The first-order chi connectivity index (χ1) is 13.5. The number of carbonyl (C=O) groups is 2. The highest BCUT2D eigenvalue weighted by molar-refractivity contribution is 9.10. The van der Waals surface area contributed by atoms with Crippen LogP contribution < -0.4 is 10.6 Å². The van der Waals surface area contributed by atoms with Crippen molar-refractivity contribution in [1.29, 1.82) is 0 Å². The number of anilines is 2. The van der Waals surface area contributed by atoms with Crippen LogP contribution in [0.1, 0.15) is 5.56 Å². The molecule has 4 rings (SSSR count). The fourth-order valence-electron chi connectivity index (χ4n) is 2.56. The summed E-state index contributed by atoms with van der Waals surface area (Å²) in [5.74, 6) is -0.184. The van der Waals surface area contributed by atoms with Gasteiger partial charge in [-0.05, 0) is 63.6 Å². The second kappa shape index (κ2) is 7.49. The van der Waals surface area contributed by atoms with Gasteiger partial charge >= 0.3 is 6.09 Å². The van der Waals surface area contributed by atoms with Crippen molar-refractivity contribution in [3.63, 3.8) is 0 Å². The van der Waals surface area contributed by atoms with Gasteiger partial charge in [0.1, 0.15) is 0 Å². The zero-order valence-corrected chi connectivity index (χ0v) is 16.5. The SMILES string of the molecule is O=C(O)Nc1nc2cc(C=C3SC(Nc4ccccc4Br)=NC3=O)ccc2[nH]1. The number of halogens is 1. The topological polar surface area (TPSA) is 119 Å². The van der Waals surface area contributed by atoms with E-state index in [1.807, 2.05) is 30.3 Å². The summed E-state index contributed by atoms with van der Waals surface area (Å²) in [5.41, 5.74) is 2.85. The highest BCUT2D eigenvalue weighted by Gasteiger charge is 2.22. The molecular formula is C18H12BrN5O3S. The number of carbonyl (C=O) groups excluding carboxylic acids is 1. The number of rotatable bonds is 3. The quantitative estimate of drug-likeness (QED) is 0.429. The number of nitrogens with zero attached hydrogens (tertiary/aromatic N) is 2. The summed E-state index contributed by atoms with van der Waals surface area (Å²) < 4.78 is 0.873. The molecule has 0 unspecified atom stereocenters. The zero-order chi connectivity index (χ0) is 19.7. The molecule has 3 aromatic rings. The summed E-state index contributed by atoms with van der Waals surface area (Å²) in [4.78, 5) is 34.5. The van der Waals surface area contributed by atoms with Crippen LogP contribution in [0.15, 0.2) is 56.8 Å². The molecule has 1 aliphatic heterocycles. The Balaban J connectivity index is 1.53. The lowest BCUT2D eigenvalue weighted by molar-refractivity contribution is -0.113. The van der Waals surface area contributed by atoms with E-state index in [0.29, 0.717) is 21.1 Å². The van der Waals surface area contributed by atoms with Crippen molar-refractivity contribution in [1.82, 2.24) is 9.97 Å². The second-order valence-electron chi connectivity index (χ2n) is 5.73. The molecule has 0 atom stereocenters. The van der Waals surface area contributed by atoms with E-state index in [-0.39, 0.29) is 11.9 Å². The van der Waals surface area contributed by atoms with Crippen molar-refractivity contribution in [2.45, 2.75) is 0 Å². The number of aromatic amines is 1. The van der Waals surface area contributed by atoms with Gasteiger partial charge in [-0.25, -0.2) is 9.78 Å². The molecule has 1 aliphatic rings. The van der Waals surface area contributed by atoms with Crippen LogP contribution in [-0.4, -0.2) is 32.2 Å². The van der Waals surface area contributed by atoms with Gasteiger partial charge in [0.2, 0.25) is 5.95 Å². The van der Waals surface area contributed by atoms with E-state index in [2.05, 4.69) is 41.5 Å². The van der Waals surface area contributed by atoms with Crippen LogP contribution >= 0.6 is 27.7 Å². The maximum Gasteiger partial charge on any atom is 0.411 e. The van der Waals surface area contributed by atoms with Gasteiger partial charge in [0.25, 0.3) is 5.91 Å². The minimum Gasteiger partial charge on any atom is -0.465 e. The molecule has 0 aliphatic carbocycles. The van der Waals surface area contributed by atoms with Gasteiger partial charge in [-0.15, -0.1) is 0 Å². The molecule has 1 aromatic heterocycles. The van der Waals surface area contributed by atoms with Crippen molar-refractivity contribution < 1.29 is 14.7 Å². The molecule has 0 saturated carbocycles. The predicted molar refractivity (Wildman–Crippen MR) is 114 cm³/mol. The van der Waals surface area contributed by atoms with Gasteiger partial charge in [0.05, 0.1) is 21.6 Å². The van der Waals surface area contributed by atoms with Crippen molar-refractivity contribution in [3.05, 3.63) is 57.4 Å². The molecular weight excluding hydrogens is 446 g/mol. The third-order valence-corrected chi connectivity index (χ3v) is 5.36. The number of amidine groups is 1. The molecule has 0 bridgehead atoms. The molecule has 28 heavy (non-hydrogen) atoms. The van der Waals surface area contributed by atoms with Gasteiger partial charge in [-0.3, -0.25) is 10.1 Å². The maximum atomic E-state index is 12.2. The third-order valence-electron chi connectivity index (χ3n) is 3.77. The number of hydrogen-bond donors (Lipinski definition) is 4. The number of fused-ring (bicyclic) bond motifs is 1. The molecule has 2 heterocycles. The predicted octanol–water partition coefficient (Wildman–Crippen LogP) is 4.50. The number of aliphatic imine (C=N–C) groups is 1. The third kappa shape index (κ3) is 3.92. The fraction of sp³-hybridized carbons (Fsp3) is 0. The lowest BCUT2D eigenvalue weighted by atomic mass is 10.2. The Kier molecular flexibility index (Phi) is 4.88. The minimum absolute atomic E-state index is 0.141. The molecule has 2 aromatic carbocycles. The number of imidazole rings is 1. The summed E-state index contributed by atoms with van der Waals surface area (Å²) in [6.07, 6.45) is 0.528. The molecule has 10 heteroatoms. The molecule has 140 valence electrons. The zero-order valence-electron chi connectivity index (χ0n) is 14.1. The summed E-state index contributed by atoms with van der Waals surface area (Å²) in [6, 6.07) is 12.9. The van der Waals surface area contributed by atoms with Crippen LogP contribution in [0.2, 0.25) is 0 Å². The van der Waals surface area contributed by atoms with Gasteiger partial charge in [0.15, 0.2) is 5.17 Å². The number of benzene rings is 2. The number of aromatic nitrogens is 2. The maximum absolute atomic E-state index is 12.2. The molecule has 2 amide bonds. The first-order valence-corrected chi connectivity index (χ1v) is 9.63. The normalized spacial score (nSPS) is 15.1. The highest BCUT2D eigenvalue weighted by atomic mass is 79.9. The van der Waals surface area contributed by atoms with Crippen molar-refractivity contribution in [3.8, 4) is 0 Å². The Morgan fingerprint density at radius 1 is 1.25 bits per heavy atom. The molecule has 0 radical (unpaired) electrons. The fourth-order valence-corrected chi connectivity index (χ4v) is 3.77. The standard InChI is InChI=1S/C18H12BrN5O3S/c19-10-3-1-2-4-11(10)22-17-23-15(25)14(28-17)8-9-5-6-12-13(7-9)21-16(20-12)24-18(26)27/h1-8H,(H,26,27)(H2,20,21,24)(H,22,23,25). The number of nitrogens with one attached hydrogen (secondary N) is 3. The largest absolute Gasteiger partial charge is 0.465 e. The van der Waals surface area contributed by atoms with Crippen molar-refractivity contribution in [2.24, 2.45) is 4.99 Å². The Morgan fingerprint density at radius 3 is 2.86 bits per heavy atom. The molecule has 0 fully saturated rings. The number of H-pyrrole nitrogens is 1. The summed E-state index contributed by atoms with van der Waals surface area (Å²) in [5, 5.41) is 14.6. The Bertz CT molecular complexity index is 1170. The monoisotopic (exact) mass is 457 g/mol. The summed E-state index contributed by atoms with van der Waals surface area (Å²) in [7, 11) is 0. The van der Waals surface area contributed by atoms with Crippen LogP contribution in [0.25, 0.3) is 17.1 Å². The van der Waals surface area contributed by atoms with Crippen LogP contribution in [0.5, 0.6) is 0 Å². The van der Waals surface area contributed by atoms with E-state index in [9.17, 15) is 9.59 Å². The van der Waals surface area contributed by atoms with Gasteiger partial charge in [-0.1, -0.05) is 18.2 Å². The number of thioether (sulfide) groups is 1. The first kappa shape index (κ1) is 18.3. The highest BCUT2D eigenvalue weighted by Crippen LogP contribution is 2.31. The number of hydrogen-bond acceptors (Lipinski definition) is 5. The van der Waals surface area contributed by atoms with E-state index >= 15 is 0 Å². The molecule has 8 nitrogen and oxygen atoms in total.